The van der Waals surface area contributed by atoms with E-state index in [1.165, 1.54) is 0 Å². The Morgan fingerprint density at radius 1 is 1.20 bits per heavy atom. The van der Waals surface area contributed by atoms with Gasteiger partial charge in [0.05, 0.1) is 6.54 Å². The van der Waals surface area contributed by atoms with Crippen molar-refractivity contribution in [1.29, 1.82) is 0 Å². The van der Waals surface area contributed by atoms with Crippen molar-refractivity contribution < 1.29 is 4.52 Å². The average Bonchev–Trinajstić information content (AvgIpc) is 2.85. The summed E-state index contributed by atoms with van der Waals surface area (Å²) in [5, 5.41) is 10.4. The first-order valence-corrected chi connectivity index (χ1v) is 6.85. The van der Waals surface area contributed by atoms with E-state index in [9.17, 15) is 0 Å². The summed E-state index contributed by atoms with van der Waals surface area (Å²) < 4.78 is 5.06. The average molecular weight is 275 g/mol. The van der Waals surface area contributed by atoms with Gasteiger partial charge in [0.1, 0.15) is 28.9 Å². The predicted octanol–water partition coefficient (Wildman–Crippen LogP) is 2.69. The molecule has 0 aliphatic carbocycles. The minimum Gasteiger partial charge on any atom is -0.373 e. The van der Waals surface area contributed by atoms with Crippen molar-refractivity contribution in [2.24, 2.45) is 0 Å². The van der Waals surface area contributed by atoms with Crippen molar-refractivity contribution in [3.05, 3.63) is 28.9 Å². The van der Waals surface area contributed by atoms with E-state index in [1.54, 1.807) is 0 Å². The molecule has 0 aliphatic heterocycles. The van der Waals surface area contributed by atoms with E-state index in [4.69, 9.17) is 4.52 Å². The van der Waals surface area contributed by atoms with E-state index in [2.05, 4.69) is 32.7 Å². The van der Waals surface area contributed by atoms with Crippen LogP contribution in [0.2, 0.25) is 0 Å². The maximum Gasteiger partial charge on any atom is 0.135 e. The number of hydrogen-bond acceptors (Lipinski definition) is 6. The van der Waals surface area contributed by atoms with Gasteiger partial charge in [-0.05, 0) is 20.3 Å². The van der Waals surface area contributed by atoms with E-state index in [0.29, 0.717) is 6.54 Å². The molecular weight excluding hydrogens is 254 g/mol. The minimum absolute atomic E-state index is 0.587. The summed E-state index contributed by atoms with van der Waals surface area (Å²) >= 11 is 0. The normalized spacial score (nSPS) is 10.6. The Kier molecular flexibility index (Phi) is 4.55. The number of aryl methyl sites for hydroxylation is 2. The Labute approximate surface area is 119 Å². The smallest absolute Gasteiger partial charge is 0.135 e. The fourth-order valence-electron chi connectivity index (χ4n) is 1.99. The zero-order valence-electron chi connectivity index (χ0n) is 12.4. The molecule has 0 aromatic carbocycles. The quantitative estimate of drug-likeness (QED) is 0.844. The third kappa shape index (κ3) is 3.26. The lowest BCUT2D eigenvalue weighted by atomic mass is 10.2. The molecule has 2 aromatic heterocycles. The Bertz CT molecular complexity index is 579. The lowest BCUT2D eigenvalue weighted by molar-refractivity contribution is 0.391. The summed E-state index contributed by atoms with van der Waals surface area (Å²) in [7, 11) is 1.87. The van der Waals surface area contributed by atoms with Crippen LogP contribution in [0, 0.1) is 13.8 Å². The number of hydrogen-bond donors (Lipinski definition) is 2. The summed E-state index contributed by atoms with van der Waals surface area (Å²) in [5.74, 6) is 3.36. The first-order chi connectivity index (χ1) is 9.63. The maximum absolute atomic E-state index is 5.06. The molecule has 0 aliphatic rings. The highest BCUT2D eigenvalue weighted by Crippen LogP contribution is 2.20. The predicted molar refractivity (Wildman–Crippen MR) is 78.9 cm³/mol. The number of nitrogens with one attached hydrogen (secondary N) is 2. The third-order valence-electron chi connectivity index (χ3n) is 3.02. The Hall–Kier alpha value is -2.11. The van der Waals surface area contributed by atoms with Gasteiger partial charge in [0, 0.05) is 25.1 Å². The molecule has 6 heteroatoms. The molecule has 2 heterocycles. The standard InChI is InChI=1S/C14H21N5O/c1-5-6-12-17-13(15-4)10(3)14(18-12)16-8-11-7-9(2)20-19-11/h7H,5-6,8H2,1-4H3,(H2,15,16,17,18). The van der Waals surface area contributed by atoms with Gasteiger partial charge in [-0.1, -0.05) is 12.1 Å². The van der Waals surface area contributed by atoms with Crippen LogP contribution in [0.1, 0.15) is 36.2 Å². The van der Waals surface area contributed by atoms with Crippen LogP contribution in [-0.2, 0) is 13.0 Å². The first-order valence-electron chi connectivity index (χ1n) is 6.85. The molecule has 0 amide bonds. The van der Waals surface area contributed by atoms with Gasteiger partial charge in [-0.3, -0.25) is 0 Å². The molecule has 2 aromatic rings. The lowest BCUT2D eigenvalue weighted by Gasteiger charge is -2.12. The van der Waals surface area contributed by atoms with Crippen molar-refractivity contribution in [3.8, 4) is 0 Å². The monoisotopic (exact) mass is 275 g/mol. The highest BCUT2D eigenvalue weighted by Gasteiger charge is 2.10. The molecule has 6 nitrogen and oxygen atoms in total. The van der Waals surface area contributed by atoms with Crippen molar-refractivity contribution >= 4 is 11.6 Å². The number of nitrogens with zero attached hydrogens (tertiary/aromatic N) is 3. The van der Waals surface area contributed by atoms with Gasteiger partial charge < -0.3 is 15.2 Å². The van der Waals surface area contributed by atoms with E-state index in [1.807, 2.05) is 27.0 Å². The number of aromatic nitrogens is 3. The van der Waals surface area contributed by atoms with Crippen molar-refractivity contribution in [3.63, 3.8) is 0 Å². The molecule has 2 N–H and O–H groups in total. The second-order valence-corrected chi connectivity index (χ2v) is 4.74. The van der Waals surface area contributed by atoms with Crippen molar-refractivity contribution in [1.82, 2.24) is 15.1 Å². The zero-order chi connectivity index (χ0) is 14.5. The Balaban J connectivity index is 2.18. The van der Waals surface area contributed by atoms with Gasteiger partial charge in [0.2, 0.25) is 0 Å². The van der Waals surface area contributed by atoms with E-state index in [0.717, 1.165) is 47.3 Å². The molecule has 0 unspecified atom stereocenters. The van der Waals surface area contributed by atoms with Crippen LogP contribution in [-0.4, -0.2) is 22.2 Å². The third-order valence-corrected chi connectivity index (χ3v) is 3.02. The molecule has 0 radical (unpaired) electrons. The lowest BCUT2D eigenvalue weighted by Crippen LogP contribution is -2.10. The van der Waals surface area contributed by atoms with Gasteiger partial charge >= 0.3 is 0 Å². The maximum atomic E-state index is 5.06. The molecule has 0 spiro atoms. The van der Waals surface area contributed by atoms with Gasteiger partial charge in [0.25, 0.3) is 0 Å². The Morgan fingerprint density at radius 2 is 1.95 bits per heavy atom. The molecule has 2 rings (SSSR count). The minimum atomic E-state index is 0.587. The summed E-state index contributed by atoms with van der Waals surface area (Å²) in [6, 6.07) is 1.91. The summed E-state index contributed by atoms with van der Waals surface area (Å²) in [6.45, 7) is 6.58. The van der Waals surface area contributed by atoms with E-state index < -0.39 is 0 Å². The molecule has 0 saturated heterocycles. The van der Waals surface area contributed by atoms with Crippen LogP contribution in [0.15, 0.2) is 10.6 Å². The van der Waals surface area contributed by atoms with E-state index >= 15 is 0 Å². The fraction of sp³-hybridized carbons (Fsp3) is 0.500. The second kappa shape index (κ2) is 6.36. The van der Waals surface area contributed by atoms with Gasteiger partial charge in [-0.2, -0.15) is 0 Å². The molecular formula is C14H21N5O. The number of rotatable bonds is 6. The zero-order valence-corrected chi connectivity index (χ0v) is 12.4. The van der Waals surface area contributed by atoms with Crippen LogP contribution in [0.4, 0.5) is 11.6 Å². The number of anilines is 2. The van der Waals surface area contributed by atoms with Crippen molar-refractivity contribution in [2.45, 2.75) is 40.2 Å². The van der Waals surface area contributed by atoms with Crippen LogP contribution < -0.4 is 10.6 Å². The first kappa shape index (κ1) is 14.3. The molecule has 108 valence electrons. The van der Waals surface area contributed by atoms with E-state index in [-0.39, 0.29) is 0 Å². The van der Waals surface area contributed by atoms with Gasteiger partial charge in [-0.15, -0.1) is 0 Å². The van der Waals surface area contributed by atoms with Gasteiger partial charge in [-0.25, -0.2) is 9.97 Å². The summed E-state index contributed by atoms with van der Waals surface area (Å²) in [4.78, 5) is 9.08. The highest BCUT2D eigenvalue weighted by molar-refractivity contribution is 5.57. The van der Waals surface area contributed by atoms with Crippen molar-refractivity contribution in [2.75, 3.05) is 17.7 Å². The molecule has 0 fully saturated rings. The molecule has 0 bridgehead atoms. The van der Waals surface area contributed by atoms with Gasteiger partial charge in [0.15, 0.2) is 0 Å². The fourth-order valence-corrected chi connectivity index (χ4v) is 1.99. The molecule has 20 heavy (non-hydrogen) atoms. The Morgan fingerprint density at radius 3 is 2.55 bits per heavy atom. The SMILES string of the molecule is CCCc1nc(NC)c(C)c(NCc2cc(C)on2)n1. The molecule has 0 atom stereocenters. The van der Waals surface area contributed by atoms with Crippen LogP contribution in [0.3, 0.4) is 0 Å². The van der Waals surface area contributed by atoms with Crippen LogP contribution in [0.5, 0.6) is 0 Å². The highest BCUT2D eigenvalue weighted by atomic mass is 16.5. The van der Waals surface area contributed by atoms with Crippen LogP contribution >= 0.6 is 0 Å². The molecule has 0 saturated carbocycles. The van der Waals surface area contributed by atoms with Crippen LogP contribution in [0.25, 0.3) is 0 Å². The topological polar surface area (TPSA) is 75.9 Å². The second-order valence-electron chi connectivity index (χ2n) is 4.74. The summed E-state index contributed by atoms with van der Waals surface area (Å²) in [6.07, 6.45) is 1.89. The largest absolute Gasteiger partial charge is 0.373 e. The summed E-state index contributed by atoms with van der Waals surface area (Å²) in [5.41, 5.74) is 1.87.